The fraction of sp³-hybridized carbons (Fsp3) is 0.235. The van der Waals surface area contributed by atoms with E-state index in [2.05, 4.69) is 4.72 Å². The quantitative estimate of drug-likeness (QED) is 0.730. The summed E-state index contributed by atoms with van der Waals surface area (Å²) in [7, 11) is -3.97. The molecular formula is C17H19ClN2O4S. The first-order valence-corrected chi connectivity index (χ1v) is 9.47. The first-order chi connectivity index (χ1) is 11.8. The molecule has 0 fully saturated rings. The number of ether oxygens (including phenoxy) is 1. The zero-order valence-electron chi connectivity index (χ0n) is 13.6. The van der Waals surface area contributed by atoms with Crippen LogP contribution >= 0.6 is 11.6 Å². The number of benzene rings is 2. The fourth-order valence-corrected chi connectivity index (χ4v) is 3.76. The van der Waals surface area contributed by atoms with Gasteiger partial charge in [0.1, 0.15) is 11.8 Å². The Labute approximate surface area is 152 Å². The van der Waals surface area contributed by atoms with E-state index in [1.54, 1.807) is 31.2 Å². The van der Waals surface area contributed by atoms with Crippen LogP contribution in [0.3, 0.4) is 0 Å². The van der Waals surface area contributed by atoms with Gasteiger partial charge in [-0.3, -0.25) is 4.79 Å². The maximum Gasteiger partial charge on any atom is 0.241 e. The second kappa shape index (κ2) is 8.33. The van der Waals surface area contributed by atoms with Gasteiger partial charge in [0.15, 0.2) is 0 Å². The summed E-state index contributed by atoms with van der Waals surface area (Å²) in [6, 6.07) is 12.0. The average molecular weight is 383 g/mol. The number of nitrogens with one attached hydrogen (secondary N) is 1. The number of amides is 1. The van der Waals surface area contributed by atoms with Crippen LogP contribution in [0.2, 0.25) is 5.02 Å². The predicted octanol–water partition coefficient (Wildman–Crippen LogP) is 2.11. The number of carbonyl (C=O) groups excluding carboxylic acids is 1. The van der Waals surface area contributed by atoms with Crippen LogP contribution in [0, 0.1) is 0 Å². The minimum atomic E-state index is -3.97. The number of hydrogen-bond acceptors (Lipinski definition) is 4. The molecular weight excluding hydrogens is 364 g/mol. The number of rotatable bonds is 8. The van der Waals surface area contributed by atoms with Crippen molar-refractivity contribution in [2.24, 2.45) is 5.73 Å². The Kier molecular flexibility index (Phi) is 6.41. The molecule has 1 atom stereocenters. The number of halogens is 1. The molecule has 0 bridgehead atoms. The number of carbonyl (C=O) groups is 1. The topological polar surface area (TPSA) is 98.5 Å². The molecule has 3 N–H and O–H groups in total. The molecule has 25 heavy (non-hydrogen) atoms. The zero-order chi connectivity index (χ0) is 18.4. The Morgan fingerprint density at radius 2 is 1.92 bits per heavy atom. The van der Waals surface area contributed by atoms with E-state index in [4.69, 9.17) is 22.1 Å². The molecule has 0 saturated carbocycles. The molecule has 0 unspecified atom stereocenters. The van der Waals surface area contributed by atoms with Crippen LogP contribution in [0.15, 0.2) is 53.4 Å². The fourth-order valence-electron chi connectivity index (χ4n) is 2.23. The van der Waals surface area contributed by atoms with Crippen molar-refractivity contribution < 1.29 is 17.9 Å². The molecule has 134 valence electrons. The minimum Gasteiger partial charge on any atom is -0.492 e. The van der Waals surface area contributed by atoms with Crippen molar-refractivity contribution in [3.05, 3.63) is 59.1 Å². The van der Waals surface area contributed by atoms with Crippen LogP contribution in [-0.2, 0) is 21.2 Å². The van der Waals surface area contributed by atoms with Gasteiger partial charge in [-0.2, -0.15) is 4.72 Å². The third kappa shape index (κ3) is 5.19. The van der Waals surface area contributed by atoms with Crippen LogP contribution in [0.1, 0.15) is 12.5 Å². The lowest BCUT2D eigenvalue weighted by Crippen LogP contribution is -2.45. The largest absolute Gasteiger partial charge is 0.492 e. The van der Waals surface area contributed by atoms with Crippen LogP contribution in [0.25, 0.3) is 0 Å². The number of hydrogen-bond donors (Lipinski definition) is 2. The number of primary amides is 1. The minimum absolute atomic E-state index is 0.0692. The van der Waals surface area contributed by atoms with Gasteiger partial charge in [0.25, 0.3) is 0 Å². The van der Waals surface area contributed by atoms with Crippen LogP contribution in [0.5, 0.6) is 5.75 Å². The van der Waals surface area contributed by atoms with Crippen LogP contribution in [-0.4, -0.2) is 27.0 Å². The van der Waals surface area contributed by atoms with E-state index < -0.39 is 22.0 Å². The first kappa shape index (κ1) is 19.2. The van der Waals surface area contributed by atoms with Crippen molar-refractivity contribution in [1.82, 2.24) is 4.72 Å². The molecule has 0 aromatic heterocycles. The zero-order valence-corrected chi connectivity index (χ0v) is 15.2. The molecule has 0 radical (unpaired) electrons. The van der Waals surface area contributed by atoms with Gasteiger partial charge in [0, 0.05) is 0 Å². The van der Waals surface area contributed by atoms with Gasteiger partial charge >= 0.3 is 0 Å². The average Bonchev–Trinajstić information content (AvgIpc) is 2.57. The summed E-state index contributed by atoms with van der Waals surface area (Å²) in [6.45, 7) is 2.20. The van der Waals surface area contributed by atoms with Crippen molar-refractivity contribution in [3.63, 3.8) is 0 Å². The lowest BCUT2D eigenvalue weighted by atomic mass is 10.1. The van der Waals surface area contributed by atoms with E-state index in [0.717, 1.165) is 5.56 Å². The second-order valence-electron chi connectivity index (χ2n) is 5.29. The summed E-state index contributed by atoms with van der Waals surface area (Å²) in [4.78, 5) is 11.6. The molecule has 0 saturated heterocycles. The molecule has 1 amide bonds. The van der Waals surface area contributed by atoms with E-state index in [1.165, 1.54) is 18.2 Å². The normalized spacial score (nSPS) is 12.6. The van der Waals surface area contributed by atoms with E-state index >= 15 is 0 Å². The molecule has 2 rings (SSSR count). The SMILES string of the molecule is CCOc1ccc(S(=O)(=O)N[C@@H](Cc2ccccc2)C(N)=O)cc1Cl. The highest BCUT2D eigenvalue weighted by Gasteiger charge is 2.25. The van der Waals surface area contributed by atoms with E-state index in [1.807, 2.05) is 6.07 Å². The number of sulfonamides is 1. The summed E-state index contributed by atoms with van der Waals surface area (Å²) in [5.41, 5.74) is 6.14. The molecule has 8 heteroatoms. The standard InChI is InChI=1S/C17H19ClN2O4S/c1-2-24-16-9-8-13(11-14(16)18)25(22,23)20-15(17(19)21)10-12-6-4-3-5-7-12/h3-9,11,15,20H,2,10H2,1H3,(H2,19,21)/t15-/m0/s1. The van der Waals surface area contributed by atoms with Crippen molar-refractivity contribution in [2.75, 3.05) is 6.61 Å². The summed E-state index contributed by atoms with van der Waals surface area (Å²) in [5, 5.41) is 0.170. The van der Waals surface area contributed by atoms with Crippen molar-refractivity contribution in [2.45, 2.75) is 24.3 Å². The Hall–Kier alpha value is -2.09. The predicted molar refractivity (Wildman–Crippen MR) is 96.1 cm³/mol. The smallest absolute Gasteiger partial charge is 0.241 e. The highest BCUT2D eigenvalue weighted by Crippen LogP contribution is 2.27. The van der Waals surface area contributed by atoms with Crippen molar-refractivity contribution in [3.8, 4) is 5.75 Å². The van der Waals surface area contributed by atoms with Gasteiger partial charge < -0.3 is 10.5 Å². The Balaban J connectivity index is 2.22. The maximum atomic E-state index is 12.5. The van der Waals surface area contributed by atoms with Gasteiger partial charge in [-0.15, -0.1) is 0 Å². The van der Waals surface area contributed by atoms with Gasteiger partial charge in [-0.1, -0.05) is 41.9 Å². The Morgan fingerprint density at radius 3 is 2.48 bits per heavy atom. The molecule has 2 aromatic carbocycles. The van der Waals surface area contributed by atoms with Crippen molar-refractivity contribution in [1.29, 1.82) is 0 Å². The molecule has 0 spiro atoms. The van der Waals surface area contributed by atoms with Gasteiger partial charge in [-0.05, 0) is 37.1 Å². The lowest BCUT2D eigenvalue weighted by molar-refractivity contribution is -0.119. The highest BCUT2D eigenvalue weighted by atomic mass is 35.5. The van der Waals surface area contributed by atoms with Crippen LogP contribution < -0.4 is 15.2 Å². The van der Waals surface area contributed by atoms with Crippen LogP contribution in [0.4, 0.5) is 0 Å². The second-order valence-corrected chi connectivity index (χ2v) is 7.41. The van der Waals surface area contributed by atoms with Crippen molar-refractivity contribution >= 4 is 27.5 Å². The van der Waals surface area contributed by atoms with E-state index in [9.17, 15) is 13.2 Å². The van der Waals surface area contributed by atoms with E-state index in [-0.39, 0.29) is 16.3 Å². The van der Waals surface area contributed by atoms with Gasteiger partial charge in [0.05, 0.1) is 16.5 Å². The lowest BCUT2D eigenvalue weighted by Gasteiger charge is -2.16. The third-order valence-electron chi connectivity index (χ3n) is 3.44. The monoisotopic (exact) mass is 382 g/mol. The maximum absolute atomic E-state index is 12.5. The highest BCUT2D eigenvalue weighted by molar-refractivity contribution is 7.89. The van der Waals surface area contributed by atoms with Gasteiger partial charge in [0.2, 0.25) is 15.9 Å². The number of nitrogens with two attached hydrogens (primary N) is 1. The Bertz CT molecular complexity index is 841. The summed E-state index contributed by atoms with van der Waals surface area (Å²) in [6.07, 6.45) is 0.153. The summed E-state index contributed by atoms with van der Waals surface area (Å²) >= 11 is 6.03. The van der Waals surface area contributed by atoms with Gasteiger partial charge in [-0.25, -0.2) is 8.42 Å². The van der Waals surface area contributed by atoms with E-state index in [0.29, 0.717) is 12.4 Å². The first-order valence-electron chi connectivity index (χ1n) is 7.61. The molecule has 2 aromatic rings. The molecule has 6 nitrogen and oxygen atoms in total. The molecule has 0 aliphatic rings. The summed E-state index contributed by atoms with van der Waals surface area (Å²) < 4.78 is 32.7. The molecule has 0 heterocycles. The summed E-state index contributed by atoms with van der Waals surface area (Å²) in [5.74, 6) is -0.372. The molecule has 0 aliphatic heterocycles. The third-order valence-corrected chi connectivity index (χ3v) is 5.20. The Morgan fingerprint density at radius 1 is 1.24 bits per heavy atom. The molecule has 0 aliphatic carbocycles.